The van der Waals surface area contributed by atoms with E-state index in [1.54, 1.807) is 35.5 Å². The second-order valence-corrected chi connectivity index (χ2v) is 5.49. The molecule has 0 aromatic heterocycles. The molecule has 1 aliphatic rings. The lowest BCUT2D eigenvalue weighted by Gasteiger charge is -2.22. The van der Waals surface area contributed by atoms with Gasteiger partial charge in [0.05, 0.1) is 19.9 Å². The van der Waals surface area contributed by atoms with Crippen molar-refractivity contribution in [1.29, 1.82) is 0 Å². The Balaban J connectivity index is 1.74. The third-order valence-electron chi connectivity index (χ3n) is 3.78. The number of rotatable bonds is 5. The summed E-state index contributed by atoms with van der Waals surface area (Å²) in [5.41, 5.74) is 6.82. The number of nitrogens with zero attached hydrogens (tertiary/aromatic N) is 2. The molecule has 1 heterocycles. The summed E-state index contributed by atoms with van der Waals surface area (Å²) in [7, 11) is 3.04. The van der Waals surface area contributed by atoms with E-state index < -0.39 is 11.9 Å². The van der Waals surface area contributed by atoms with E-state index in [4.69, 9.17) is 19.9 Å². The normalized spacial score (nSPS) is 16.0. The van der Waals surface area contributed by atoms with Crippen LogP contribution < -0.4 is 25.0 Å². The minimum absolute atomic E-state index is 0.149. The Morgan fingerprint density at radius 3 is 2.23 bits per heavy atom. The topological polar surface area (TPSA) is 86.4 Å². The number of amidine groups is 1. The maximum atomic E-state index is 12.5. The van der Waals surface area contributed by atoms with Gasteiger partial charge in [0, 0.05) is 24.4 Å². The first kappa shape index (κ1) is 17.3. The van der Waals surface area contributed by atoms with Gasteiger partial charge in [-0.15, -0.1) is 0 Å². The molecule has 1 unspecified atom stereocenters. The van der Waals surface area contributed by atoms with Gasteiger partial charge in [-0.05, 0) is 18.2 Å². The van der Waals surface area contributed by atoms with Crippen LogP contribution in [-0.2, 0) is 4.79 Å². The number of hydrazone groups is 1. The maximum Gasteiger partial charge on any atom is 0.326 e. The van der Waals surface area contributed by atoms with Gasteiger partial charge in [-0.25, -0.2) is 5.01 Å². The lowest BCUT2D eigenvalue weighted by molar-refractivity contribution is -0.135. The van der Waals surface area contributed by atoms with Crippen LogP contribution in [0.4, 0.5) is 5.69 Å². The average molecular weight is 353 g/mol. The molecule has 2 aromatic rings. The highest BCUT2D eigenvalue weighted by atomic mass is 16.5. The van der Waals surface area contributed by atoms with Crippen molar-refractivity contribution in [2.75, 3.05) is 19.2 Å². The number of esters is 1. The molecule has 0 spiro atoms. The summed E-state index contributed by atoms with van der Waals surface area (Å²) in [5, 5.41) is 5.86. The molecule has 7 heteroatoms. The Morgan fingerprint density at radius 2 is 1.65 bits per heavy atom. The van der Waals surface area contributed by atoms with Crippen molar-refractivity contribution >= 4 is 17.5 Å². The summed E-state index contributed by atoms with van der Waals surface area (Å²) in [4.78, 5) is 12.5. The monoisotopic (exact) mass is 353 g/mol. The van der Waals surface area contributed by atoms with Crippen molar-refractivity contribution < 1.29 is 19.0 Å². The van der Waals surface area contributed by atoms with Crippen molar-refractivity contribution in [3.63, 3.8) is 0 Å². The predicted molar refractivity (Wildman–Crippen MR) is 98.4 cm³/mol. The van der Waals surface area contributed by atoms with E-state index in [-0.39, 0.29) is 5.84 Å². The molecule has 7 nitrogen and oxygen atoms in total. The number of hydrogen-bond donors (Lipinski definition) is 1. The van der Waals surface area contributed by atoms with Crippen LogP contribution in [0.3, 0.4) is 0 Å². The van der Waals surface area contributed by atoms with Gasteiger partial charge in [0.15, 0.2) is 0 Å². The van der Waals surface area contributed by atoms with Gasteiger partial charge in [-0.2, -0.15) is 5.10 Å². The summed E-state index contributed by atoms with van der Waals surface area (Å²) in [6.07, 6.45) is 3.33. The SMILES string of the molecule is COc1cc(OC)cc(OC(=O)C2C=CN(c3ccccc3)N=C2N)c1. The molecule has 3 rings (SSSR count). The molecule has 0 radical (unpaired) electrons. The highest BCUT2D eigenvalue weighted by Gasteiger charge is 2.26. The summed E-state index contributed by atoms with van der Waals surface area (Å²) in [5.74, 6) is 0.179. The van der Waals surface area contributed by atoms with E-state index in [1.807, 2.05) is 30.3 Å². The maximum absolute atomic E-state index is 12.5. The number of carbonyl (C=O) groups is 1. The lowest BCUT2D eigenvalue weighted by atomic mass is 10.1. The van der Waals surface area contributed by atoms with Crippen LogP contribution in [0.15, 0.2) is 65.9 Å². The van der Waals surface area contributed by atoms with E-state index in [1.165, 1.54) is 14.2 Å². The van der Waals surface area contributed by atoms with Gasteiger partial charge in [0.25, 0.3) is 0 Å². The fourth-order valence-electron chi connectivity index (χ4n) is 2.43. The van der Waals surface area contributed by atoms with Crippen molar-refractivity contribution in [1.82, 2.24) is 0 Å². The molecule has 0 bridgehead atoms. The molecule has 0 fully saturated rings. The number of methoxy groups -OCH3 is 2. The van der Waals surface area contributed by atoms with Crippen LogP contribution in [0, 0.1) is 5.92 Å². The molecule has 0 amide bonds. The summed E-state index contributed by atoms with van der Waals surface area (Å²) >= 11 is 0. The van der Waals surface area contributed by atoms with Crippen LogP contribution in [-0.4, -0.2) is 26.0 Å². The van der Waals surface area contributed by atoms with Crippen LogP contribution in [0.25, 0.3) is 0 Å². The molecule has 2 N–H and O–H groups in total. The molecule has 0 saturated heterocycles. The molecular weight excluding hydrogens is 334 g/mol. The first-order valence-electron chi connectivity index (χ1n) is 7.92. The van der Waals surface area contributed by atoms with E-state index in [2.05, 4.69) is 5.10 Å². The van der Waals surface area contributed by atoms with Crippen molar-refractivity contribution in [3.8, 4) is 17.2 Å². The highest BCUT2D eigenvalue weighted by Crippen LogP contribution is 2.28. The fourth-order valence-corrected chi connectivity index (χ4v) is 2.43. The fraction of sp³-hybridized carbons (Fsp3) is 0.158. The highest BCUT2D eigenvalue weighted by molar-refractivity contribution is 6.03. The van der Waals surface area contributed by atoms with E-state index >= 15 is 0 Å². The molecule has 134 valence electrons. The van der Waals surface area contributed by atoms with Gasteiger partial charge in [0.2, 0.25) is 0 Å². The zero-order valence-electron chi connectivity index (χ0n) is 14.5. The smallest absolute Gasteiger partial charge is 0.326 e. The Bertz CT molecular complexity index is 827. The van der Waals surface area contributed by atoms with Crippen molar-refractivity contribution in [3.05, 3.63) is 60.8 Å². The molecule has 0 saturated carbocycles. The largest absolute Gasteiger partial charge is 0.496 e. The van der Waals surface area contributed by atoms with Gasteiger partial charge < -0.3 is 19.9 Å². The molecular formula is C19H19N3O4. The first-order valence-corrected chi connectivity index (χ1v) is 7.92. The molecule has 2 aromatic carbocycles. The van der Waals surface area contributed by atoms with Crippen LogP contribution >= 0.6 is 0 Å². The number of hydrogen-bond acceptors (Lipinski definition) is 7. The Labute approximate surface area is 151 Å². The third-order valence-corrected chi connectivity index (χ3v) is 3.78. The first-order chi connectivity index (χ1) is 12.6. The Hall–Kier alpha value is -3.48. The minimum Gasteiger partial charge on any atom is -0.496 e. The second-order valence-electron chi connectivity index (χ2n) is 5.49. The number of para-hydroxylation sites is 1. The standard InChI is InChI=1S/C19H19N3O4/c1-24-14-10-15(25-2)12-16(11-14)26-19(23)17-8-9-22(21-18(17)20)13-6-4-3-5-7-13/h3-12,17H,1-2H3,(H2,20,21). The number of ether oxygens (including phenoxy) is 3. The van der Waals surface area contributed by atoms with Gasteiger partial charge in [-0.3, -0.25) is 4.79 Å². The van der Waals surface area contributed by atoms with Crippen molar-refractivity contribution in [2.45, 2.75) is 0 Å². The number of nitrogens with two attached hydrogens (primary N) is 1. The Kier molecular flexibility index (Phi) is 5.07. The Morgan fingerprint density at radius 1 is 1.04 bits per heavy atom. The number of carbonyl (C=O) groups excluding carboxylic acids is 1. The van der Waals surface area contributed by atoms with E-state index in [0.717, 1.165) is 5.69 Å². The van der Waals surface area contributed by atoms with Gasteiger partial charge in [0.1, 0.15) is 29.0 Å². The average Bonchev–Trinajstić information content (AvgIpc) is 2.68. The summed E-state index contributed by atoms with van der Waals surface area (Å²) in [6, 6.07) is 14.4. The molecule has 0 aliphatic carbocycles. The number of benzene rings is 2. The van der Waals surface area contributed by atoms with Crippen LogP contribution in [0.1, 0.15) is 0 Å². The molecule has 26 heavy (non-hydrogen) atoms. The van der Waals surface area contributed by atoms with Gasteiger partial charge >= 0.3 is 5.97 Å². The summed E-state index contributed by atoms with van der Waals surface area (Å²) < 4.78 is 15.8. The molecule has 1 atom stereocenters. The third kappa shape index (κ3) is 3.77. The van der Waals surface area contributed by atoms with E-state index in [0.29, 0.717) is 17.2 Å². The quantitative estimate of drug-likeness (QED) is 0.657. The van der Waals surface area contributed by atoms with Crippen LogP contribution in [0.2, 0.25) is 0 Å². The zero-order chi connectivity index (χ0) is 18.5. The second kappa shape index (κ2) is 7.60. The predicted octanol–water partition coefficient (Wildman–Crippen LogP) is 2.53. The van der Waals surface area contributed by atoms with Crippen molar-refractivity contribution in [2.24, 2.45) is 16.8 Å². The van der Waals surface area contributed by atoms with Gasteiger partial charge in [-0.1, -0.05) is 18.2 Å². The number of anilines is 1. The molecule has 1 aliphatic heterocycles. The van der Waals surface area contributed by atoms with E-state index in [9.17, 15) is 4.79 Å². The zero-order valence-corrected chi connectivity index (χ0v) is 14.5. The summed E-state index contributed by atoms with van der Waals surface area (Å²) in [6.45, 7) is 0. The van der Waals surface area contributed by atoms with Crippen LogP contribution in [0.5, 0.6) is 17.2 Å². The minimum atomic E-state index is -0.771. The lowest BCUT2D eigenvalue weighted by Crippen LogP contribution is -2.36.